The molecule has 1 atom stereocenters. The molecule has 1 amide bonds. The zero-order chi connectivity index (χ0) is 12.5. The second kappa shape index (κ2) is 4.91. The van der Waals surface area contributed by atoms with E-state index in [1.807, 2.05) is 0 Å². The fourth-order valence-corrected chi connectivity index (χ4v) is 4.32. The van der Waals surface area contributed by atoms with Crippen LogP contribution in [0.1, 0.15) is 12.1 Å². The normalized spacial score (nSPS) is 22.5. The third-order valence-electron chi connectivity index (χ3n) is 2.52. The highest BCUT2D eigenvalue weighted by Gasteiger charge is 2.33. The SMILES string of the molecule is O=C(Nc1nc(CCl)cs1)C1CCS(=O)(=O)C1. The number of nitrogens with zero attached hydrogens (tertiary/aromatic N) is 1. The lowest BCUT2D eigenvalue weighted by molar-refractivity contribution is -0.119. The van der Waals surface area contributed by atoms with Gasteiger partial charge in [-0.1, -0.05) is 0 Å². The van der Waals surface area contributed by atoms with Crippen LogP contribution >= 0.6 is 22.9 Å². The van der Waals surface area contributed by atoms with Gasteiger partial charge in [0.15, 0.2) is 15.0 Å². The standard InChI is InChI=1S/C9H11ClN2O3S2/c10-3-7-4-16-9(11-7)12-8(13)6-1-2-17(14,15)5-6/h4,6H,1-3,5H2,(H,11,12,13). The molecule has 8 heteroatoms. The Morgan fingerprint density at radius 2 is 2.41 bits per heavy atom. The Bertz CT molecular complexity index is 526. The molecular formula is C9H11ClN2O3S2. The minimum Gasteiger partial charge on any atom is -0.302 e. The van der Waals surface area contributed by atoms with Gasteiger partial charge in [0.1, 0.15) is 0 Å². The van der Waals surface area contributed by atoms with Crippen molar-refractivity contribution in [2.75, 3.05) is 16.8 Å². The summed E-state index contributed by atoms with van der Waals surface area (Å²) in [6.07, 6.45) is 0.391. The molecule has 17 heavy (non-hydrogen) atoms. The van der Waals surface area contributed by atoms with Crippen LogP contribution in [0.4, 0.5) is 5.13 Å². The molecule has 1 N–H and O–H groups in total. The van der Waals surface area contributed by atoms with Crippen molar-refractivity contribution in [3.05, 3.63) is 11.1 Å². The number of rotatable bonds is 3. The number of thiazole rings is 1. The summed E-state index contributed by atoms with van der Waals surface area (Å²) in [7, 11) is -3.03. The lowest BCUT2D eigenvalue weighted by atomic mass is 10.1. The first-order valence-electron chi connectivity index (χ1n) is 5.02. The first-order chi connectivity index (χ1) is 8.00. The van der Waals surface area contributed by atoms with Crippen molar-refractivity contribution in [1.82, 2.24) is 4.98 Å². The lowest BCUT2D eigenvalue weighted by Crippen LogP contribution is -2.23. The molecule has 2 heterocycles. The molecule has 5 nitrogen and oxygen atoms in total. The van der Waals surface area contributed by atoms with Gasteiger partial charge >= 0.3 is 0 Å². The van der Waals surface area contributed by atoms with Gasteiger partial charge in [0.2, 0.25) is 5.91 Å². The van der Waals surface area contributed by atoms with Gasteiger partial charge in [-0.2, -0.15) is 0 Å². The topological polar surface area (TPSA) is 76.1 Å². The van der Waals surface area contributed by atoms with E-state index in [1.54, 1.807) is 5.38 Å². The first kappa shape index (κ1) is 12.8. The van der Waals surface area contributed by atoms with Gasteiger partial charge in [-0.05, 0) is 6.42 Å². The molecular weight excluding hydrogens is 284 g/mol. The molecule has 1 aliphatic rings. The van der Waals surface area contributed by atoms with E-state index in [0.717, 1.165) is 0 Å². The van der Waals surface area contributed by atoms with Crippen molar-refractivity contribution < 1.29 is 13.2 Å². The van der Waals surface area contributed by atoms with Crippen LogP contribution < -0.4 is 5.32 Å². The van der Waals surface area contributed by atoms with Crippen LogP contribution in [0.2, 0.25) is 0 Å². The summed E-state index contributed by atoms with van der Waals surface area (Å²) >= 11 is 6.88. The Morgan fingerprint density at radius 3 is 2.94 bits per heavy atom. The van der Waals surface area contributed by atoms with Crippen molar-refractivity contribution >= 4 is 43.8 Å². The van der Waals surface area contributed by atoms with Crippen LogP contribution in [0.25, 0.3) is 0 Å². The summed E-state index contributed by atoms with van der Waals surface area (Å²) in [5.41, 5.74) is 0.700. The summed E-state index contributed by atoms with van der Waals surface area (Å²) in [6.45, 7) is 0. The number of hydrogen-bond donors (Lipinski definition) is 1. The summed E-state index contributed by atoms with van der Waals surface area (Å²) in [6, 6.07) is 0. The molecule has 2 rings (SSSR count). The highest BCUT2D eigenvalue weighted by Crippen LogP contribution is 2.22. The van der Waals surface area contributed by atoms with Crippen LogP contribution in [-0.4, -0.2) is 30.8 Å². The van der Waals surface area contributed by atoms with Crippen LogP contribution in [-0.2, 0) is 20.5 Å². The summed E-state index contributed by atoms with van der Waals surface area (Å²) < 4.78 is 22.5. The predicted molar refractivity (Wildman–Crippen MR) is 67.1 cm³/mol. The van der Waals surface area contributed by atoms with Gasteiger partial charge in [-0.15, -0.1) is 22.9 Å². The molecule has 1 unspecified atom stereocenters. The number of nitrogens with one attached hydrogen (secondary N) is 1. The van der Waals surface area contributed by atoms with Gasteiger partial charge in [-0.25, -0.2) is 13.4 Å². The first-order valence-corrected chi connectivity index (χ1v) is 8.25. The number of amides is 1. The molecule has 1 aliphatic heterocycles. The molecule has 1 aromatic rings. The Hall–Kier alpha value is -0.660. The van der Waals surface area contributed by atoms with Crippen molar-refractivity contribution in [3.8, 4) is 0 Å². The molecule has 1 aromatic heterocycles. The highest BCUT2D eigenvalue weighted by molar-refractivity contribution is 7.91. The molecule has 94 valence electrons. The van der Waals surface area contributed by atoms with E-state index in [-0.39, 0.29) is 17.4 Å². The maximum Gasteiger partial charge on any atom is 0.230 e. The zero-order valence-electron chi connectivity index (χ0n) is 8.85. The van der Waals surface area contributed by atoms with E-state index in [4.69, 9.17) is 11.6 Å². The second-order valence-corrected chi connectivity index (χ2v) is 7.22. The van der Waals surface area contributed by atoms with Gasteiger partial charge < -0.3 is 5.32 Å². The second-order valence-electron chi connectivity index (χ2n) is 3.87. The maximum absolute atomic E-state index is 11.8. The van der Waals surface area contributed by atoms with E-state index >= 15 is 0 Å². The lowest BCUT2D eigenvalue weighted by Gasteiger charge is -2.06. The van der Waals surface area contributed by atoms with Crippen LogP contribution in [0.3, 0.4) is 0 Å². The fraction of sp³-hybridized carbons (Fsp3) is 0.556. The highest BCUT2D eigenvalue weighted by atomic mass is 35.5. The number of hydrogen-bond acceptors (Lipinski definition) is 5. The van der Waals surface area contributed by atoms with E-state index in [2.05, 4.69) is 10.3 Å². The zero-order valence-corrected chi connectivity index (χ0v) is 11.2. The summed E-state index contributed by atoms with van der Waals surface area (Å²) in [4.78, 5) is 15.8. The molecule has 1 saturated heterocycles. The molecule has 0 bridgehead atoms. The van der Waals surface area contributed by atoms with Gasteiger partial charge in [-0.3, -0.25) is 4.79 Å². The van der Waals surface area contributed by atoms with Crippen molar-refractivity contribution in [2.45, 2.75) is 12.3 Å². The van der Waals surface area contributed by atoms with Crippen LogP contribution in [0.5, 0.6) is 0 Å². The minimum absolute atomic E-state index is 0.0629. The molecule has 0 saturated carbocycles. The summed E-state index contributed by atoms with van der Waals surface area (Å²) in [5.74, 6) is -0.406. The maximum atomic E-state index is 11.8. The number of halogens is 1. The molecule has 1 fully saturated rings. The Kier molecular flexibility index (Phi) is 3.70. The fourth-order valence-electron chi connectivity index (χ4n) is 1.64. The number of carbonyl (C=O) groups is 1. The average molecular weight is 295 g/mol. The Balaban J connectivity index is 1.98. The molecule has 0 radical (unpaired) electrons. The van der Waals surface area contributed by atoms with Crippen molar-refractivity contribution in [2.24, 2.45) is 5.92 Å². The smallest absolute Gasteiger partial charge is 0.230 e. The average Bonchev–Trinajstić information content (AvgIpc) is 2.84. The number of carbonyl (C=O) groups excluding carboxylic acids is 1. The van der Waals surface area contributed by atoms with Crippen molar-refractivity contribution in [1.29, 1.82) is 0 Å². The third kappa shape index (κ3) is 3.17. The van der Waals surface area contributed by atoms with E-state index in [1.165, 1.54) is 11.3 Å². The number of aromatic nitrogens is 1. The Labute approximate surface area is 108 Å². The van der Waals surface area contributed by atoms with Gasteiger partial charge in [0.05, 0.1) is 29.0 Å². The Morgan fingerprint density at radius 1 is 1.65 bits per heavy atom. The van der Waals surface area contributed by atoms with Crippen LogP contribution in [0.15, 0.2) is 5.38 Å². The quantitative estimate of drug-likeness (QED) is 0.852. The minimum atomic E-state index is -3.03. The van der Waals surface area contributed by atoms with Crippen LogP contribution in [0, 0.1) is 5.92 Å². The molecule has 0 spiro atoms. The monoisotopic (exact) mass is 294 g/mol. The van der Waals surface area contributed by atoms with Crippen molar-refractivity contribution in [3.63, 3.8) is 0 Å². The van der Waals surface area contributed by atoms with E-state index < -0.39 is 15.8 Å². The van der Waals surface area contributed by atoms with Gasteiger partial charge in [0, 0.05) is 5.38 Å². The molecule has 0 aromatic carbocycles. The molecule has 0 aliphatic carbocycles. The third-order valence-corrected chi connectivity index (χ3v) is 5.37. The van der Waals surface area contributed by atoms with E-state index in [0.29, 0.717) is 23.1 Å². The van der Waals surface area contributed by atoms with Gasteiger partial charge in [0.25, 0.3) is 0 Å². The predicted octanol–water partition coefficient (Wildman–Crippen LogP) is 1.26. The number of anilines is 1. The summed E-state index contributed by atoms with van der Waals surface area (Å²) in [5, 5.41) is 4.85. The largest absolute Gasteiger partial charge is 0.302 e. The van der Waals surface area contributed by atoms with E-state index in [9.17, 15) is 13.2 Å². The number of alkyl halides is 1. The number of sulfone groups is 1.